The lowest BCUT2D eigenvalue weighted by Crippen LogP contribution is -2.23. The summed E-state index contributed by atoms with van der Waals surface area (Å²) < 4.78 is 0. The molecule has 0 spiro atoms. The summed E-state index contributed by atoms with van der Waals surface area (Å²) in [5.74, 6) is 3.12. The number of aromatic nitrogens is 2. The maximum Gasteiger partial charge on any atom is 0.137 e. The van der Waals surface area contributed by atoms with E-state index in [1.54, 1.807) is 6.33 Å². The molecule has 1 rings (SSSR count). The maximum atomic E-state index is 4.42. The van der Waals surface area contributed by atoms with Gasteiger partial charge in [-0.05, 0) is 12.7 Å². The smallest absolute Gasteiger partial charge is 0.137 e. The molecule has 0 aliphatic rings. The molecular weight excluding hydrogens is 232 g/mol. The first-order valence-corrected chi connectivity index (χ1v) is 7.35. The maximum absolute atomic E-state index is 4.42. The van der Waals surface area contributed by atoms with Crippen LogP contribution in [0.1, 0.15) is 18.9 Å². The molecule has 4 nitrogen and oxygen atoms in total. The predicted octanol–water partition coefficient (Wildman–Crippen LogP) is 2.27. The summed E-state index contributed by atoms with van der Waals surface area (Å²) in [6.45, 7) is 3.19. The fourth-order valence-corrected chi connectivity index (χ4v) is 2.22. The van der Waals surface area contributed by atoms with Crippen molar-refractivity contribution in [2.24, 2.45) is 0 Å². The summed E-state index contributed by atoms with van der Waals surface area (Å²) in [5, 5.41) is 3.15. The van der Waals surface area contributed by atoms with Crippen LogP contribution in [-0.4, -0.2) is 42.6 Å². The Morgan fingerprint density at radius 2 is 2.18 bits per heavy atom. The van der Waals surface area contributed by atoms with Gasteiger partial charge >= 0.3 is 0 Å². The molecular formula is C12H22N4S. The minimum Gasteiger partial charge on any atom is -0.373 e. The van der Waals surface area contributed by atoms with E-state index in [0.717, 1.165) is 36.8 Å². The van der Waals surface area contributed by atoms with Gasteiger partial charge in [-0.15, -0.1) is 0 Å². The zero-order chi connectivity index (χ0) is 12.7. The lowest BCUT2D eigenvalue weighted by atomic mass is 10.1. The van der Waals surface area contributed by atoms with Gasteiger partial charge in [-0.1, -0.05) is 13.3 Å². The third-order valence-electron chi connectivity index (χ3n) is 2.65. The van der Waals surface area contributed by atoms with Gasteiger partial charge in [-0.3, -0.25) is 0 Å². The summed E-state index contributed by atoms with van der Waals surface area (Å²) in [6.07, 6.45) is 5.87. The molecule has 0 bridgehead atoms. The van der Waals surface area contributed by atoms with E-state index in [4.69, 9.17) is 0 Å². The topological polar surface area (TPSA) is 41.1 Å². The summed E-state index contributed by atoms with van der Waals surface area (Å²) in [4.78, 5) is 10.9. The fraction of sp³-hybridized carbons (Fsp3) is 0.667. The number of nitrogens with zero attached hydrogens (tertiary/aromatic N) is 3. The van der Waals surface area contributed by atoms with E-state index in [2.05, 4.69) is 40.4 Å². The minimum atomic E-state index is 0.952. The first kappa shape index (κ1) is 14.1. The van der Waals surface area contributed by atoms with Crippen molar-refractivity contribution in [3.63, 3.8) is 0 Å². The Bertz CT molecular complexity index is 343. The lowest BCUT2D eigenvalue weighted by Gasteiger charge is -2.21. The Kier molecular flexibility index (Phi) is 6.11. The molecule has 1 N–H and O–H groups in total. The zero-order valence-electron chi connectivity index (χ0n) is 11.2. The number of anilines is 2. The Hall–Kier alpha value is -0.970. The van der Waals surface area contributed by atoms with Gasteiger partial charge in [0.05, 0.1) is 0 Å². The number of hydrogen-bond donors (Lipinski definition) is 1. The molecule has 0 radical (unpaired) electrons. The highest BCUT2D eigenvalue weighted by Gasteiger charge is 2.12. The average molecular weight is 254 g/mol. The van der Waals surface area contributed by atoms with Crippen LogP contribution in [0.5, 0.6) is 0 Å². The first-order chi connectivity index (χ1) is 8.24. The number of nitrogens with one attached hydrogen (secondary N) is 1. The molecule has 96 valence electrons. The molecule has 0 saturated heterocycles. The highest BCUT2D eigenvalue weighted by atomic mass is 32.2. The standard InChI is InChI=1S/C12H22N4S/c1-5-6-10-11(13-2)14-9-15-12(10)16(3)7-8-17-4/h9H,5-8H2,1-4H3,(H,13,14,15). The molecule has 0 aliphatic carbocycles. The van der Waals surface area contributed by atoms with E-state index in [1.807, 2.05) is 18.8 Å². The van der Waals surface area contributed by atoms with Gasteiger partial charge < -0.3 is 10.2 Å². The van der Waals surface area contributed by atoms with Crippen molar-refractivity contribution in [3.05, 3.63) is 11.9 Å². The van der Waals surface area contributed by atoms with Gasteiger partial charge in [0, 0.05) is 32.0 Å². The molecule has 1 aromatic heterocycles. The largest absolute Gasteiger partial charge is 0.373 e. The predicted molar refractivity (Wildman–Crippen MR) is 77.2 cm³/mol. The molecule has 0 unspecified atom stereocenters. The van der Waals surface area contributed by atoms with Crippen LogP contribution in [0.2, 0.25) is 0 Å². The van der Waals surface area contributed by atoms with Crippen molar-refractivity contribution in [1.29, 1.82) is 0 Å². The molecule has 17 heavy (non-hydrogen) atoms. The highest BCUT2D eigenvalue weighted by molar-refractivity contribution is 7.98. The van der Waals surface area contributed by atoms with E-state index >= 15 is 0 Å². The van der Waals surface area contributed by atoms with Crippen LogP contribution in [0.3, 0.4) is 0 Å². The lowest BCUT2D eigenvalue weighted by molar-refractivity contribution is 0.864. The molecule has 1 aromatic rings. The summed E-state index contributed by atoms with van der Waals surface area (Å²) >= 11 is 1.85. The summed E-state index contributed by atoms with van der Waals surface area (Å²) in [7, 11) is 4.00. The van der Waals surface area contributed by atoms with Crippen molar-refractivity contribution in [1.82, 2.24) is 9.97 Å². The van der Waals surface area contributed by atoms with E-state index in [1.165, 1.54) is 5.56 Å². The number of rotatable bonds is 7. The monoisotopic (exact) mass is 254 g/mol. The second kappa shape index (κ2) is 7.37. The van der Waals surface area contributed by atoms with Gasteiger partial charge in [0.1, 0.15) is 18.0 Å². The second-order valence-electron chi connectivity index (χ2n) is 3.94. The Balaban J connectivity index is 2.95. The third kappa shape index (κ3) is 3.77. The van der Waals surface area contributed by atoms with Crippen molar-refractivity contribution in [3.8, 4) is 0 Å². The van der Waals surface area contributed by atoms with Crippen LogP contribution in [0.15, 0.2) is 6.33 Å². The van der Waals surface area contributed by atoms with E-state index in [-0.39, 0.29) is 0 Å². The molecule has 1 heterocycles. The summed E-state index contributed by atoms with van der Waals surface area (Å²) in [5.41, 5.74) is 1.22. The average Bonchev–Trinajstić information content (AvgIpc) is 2.36. The van der Waals surface area contributed by atoms with Crippen LogP contribution in [-0.2, 0) is 6.42 Å². The quantitative estimate of drug-likeness (QED) is 0.808. The van der Waals surface area contributed by atoms with Gasteiger partial charge in [0.15, 0.2) is 0 Å². The third-order valence-corrected chi connectivity index (χ3v) is 3.24. The minimum absolute atomic E-state index is 0.952. The molecule has 5 heteroatoms. The fourth-order valence-electron chi connectivity index (χ4n) is 1.76. The second-order valence-corrected chi connectivity index (χ2v) is 4.92. The Labute approximate surface area is 108 Å². The molecule has 0 atom stereocenters. The summed E-state index contributed by atoms with van der Waals surface area (Å²) in [6, 6.07) is 0. The molecule has 0 saturated carbocycles. The van der Waals surface area contributed by atoms with Crippen molar-refractivity contribution in [2.45, 2.75) is 19.8 Å². The van der Waals surface area contributed by atoms with Crippen LogP contribution in [0, 0.1) is 0 Å². The van der Waals surface area contributed by atoms with Gasteiger partial charge in [-0.2, -0.15) is 11.8 Å². The van der Waals surface area contributed by atoms with Gasteiger partial charge in [0.2, 0.25) is 0 Å². The van der Waals surface area contributed by atoms with Crippen molar-refractivity contribution in [2.75, 3.05) is 42.9 Å². The van der Waals surface area contributed by atoms with Gasteiger partial charge in [0.25, 0.3) is 0 Å². The normalized spacial score (nSPS) is 10.4. The SMILES string of the molecule is CCCc1c(NC)ncnc1N(C)CCSC. The van der Waals surface area contributed by atoms with Crippen molar-refractivity contribution >= 4 is 23.4 Å². The van der Waals surface area contributed by atoms with E-state index in [0.29, 0.717) is 0 Å². The van der Waals surface area contributed by atoms with Crippen molar-refractivity contribution < 1.29 is 0 Å². The Morgan fingerprint density at radius 1 is 1.41 bits per heavy atom. The molecule has 0 aromatic carbocycles. The van der Waals surface area contributed by atoms with Crippen LogP contribution in [0.25, 0.3) is 0 Å². The number of thioether (sulfide) groups is 1. The Morgan fingerprint density at radius 3 is 2.76 bits per heavy atom. The zero-order valence-corrected chi connectivity index (χ0v) is 12.0. The van der Waals surface area contributed by atoms with E-state index < -0.39 is 0 Å². The molecule has 0 fully saturated rings. The molecule has 0 amide bonds. The molecule has 0 aliphatic heterocycles. The van der Waals surface area contributed by atoms with E-state index in [9.17, 15) is 0 Å². The van der Waals surface area contributed by atoms with Crippen LogP contribution < -0.4 is 10.2 Å². The van der Waals surface area contributed by atoms with Crippen LogP contribution >= 0.6 is 11.8 Å². The highest BCUT2D eigenvalue weighted by Crippen LogP contribution is 2.23. The van der Waals surface area contributed by atoms with Gasteiger partial charge in [-0.25, -0.2) is 9.97 Å². The number of hydrogen-bond acceptors (Lipinski definition) is 5. The first-order valence-electron chi connectivity index (χ1n) is 5.96. The van der Waals surface area contributed by atoms with Crippen LogP contribution in [0.4, 0.5) is 11.6 Å².